The van der Waals surface area contributed by atoms with Crippen LogP contribution in [0, 0.1) is 11.8 Å². The van der Waals surface area contributed by atoms with Crippen molar-refractivity contribution in [3.63, 3.8) is 0 Å². The van der Waals surface area contributed by atoms with Gasteiger partial charge in [-0.05, 0) is 25.1 Å². The van der Waals surface area contributed by atoms with E-state index in [2.05, 4.69) is 17.2 Å². The normalized spacial score (nSPS) is 12.2. The molecule has 1 aromatic rings. The fraction of sp³-hybridized carbons (Fsp3) is 0.400. The lowest BCUT2D eigenvalue weighted by Gasteiger charge is -2.15. The van der Waals surface area contributed by atoms with E-state index >= 15 is 0 Å². The van der Waals surface area contributed by atoms with Crippen molar-refractivity contribution in [2.24, 2.45) is 0 Å². The van der Waals surface area contributed by atoms with Crippen LogP contribution in [0.15, 0.2) is 24.3 Å². The number of hydrogen-bond donors (Lipinski definition) is 2. The molecule has 114 valence electrons. The van der Waals surface area contributed by atoms with Crippen LogP contribution in [0.1, 0.15) is 35.7 Å². The average molecular weight is 299 g/mol. The zero-order valence-electron chi connectivity index (χ0n) is 11.5. The van der Waals surface area contributed by atoms with Crippen molar-refractivity contribution < 1.29 is 23.1 Å². The Hall–Kier alpha value is -2.00. The summed E-state index contributed by atoms with van der Waals surface area (Å²) in [6.45, 7) is 1.25. The van der Waals surface area contributed by atoms with E-state index in [-0.39, 0.29) is 12.2 Å². The summed E-state index contributed by atoms with van der Waals surface area (Å²) in [5.41, 5.74) is 0.819. The predicted molar refractivity (Wildman–Crippen MR) is 72.6 cm³/mol. The van der Waals surface area contributed by atoms with Crippen LogP contribution < -0.4 is 5.32 Å². The average Bonchev–Trinajstić information content (AvgIpc) is 2.37. The lowest BCUT2D eigenvalue weighted by atomic mass is 10.1. The number of carbonyl (C=O) groups excluding carboxylic acids is 1. The molecule has 0 radical (unpaired) electrons. The fourth-order valence-electron chi connectivity index (χ4n) is 1.66. The van der Waals surface area contributed by atoms with Gasteiger partial charge in [0.2, 0.25) is 0 Å². The molecule has 0 heterocycles. The molecule has 0 aliphatic carbocycles. The monoisotopic (exact) mass is 299 g/mol. The Kier molecular flexibility index (Phi) is 6.25. The molecule has 0 bridgehead atoms. The minimum atomic E-state index is -4.32. The Morgan fingerprint density at radius 2 is 2.14 bits per heavy atom. The van der Waals surface area contributed by atoms with E-state index in [0.29, 0.717) is 12.0 Å². The first-order valence-corrected chi connectivity index (χ1v) is 6.39. The number of hydrogen-bond acceptors (Lipinski definition) is 2. The summed E-state index contributed by atoms with van der Waals surface area (Å²) >= 11 is 0. The van der Waals surface area contributed by atoms with Crippen LogP contribution in [0.5, 0.6) is 0 Å². The molecule has 3 nitrogen and oxygen atoms in total. The minimum absolute atomic E-state index is 0.0534. The Morgan fingerprint density at radius 3 is 2.76 bits per heavy atom. The van der Waals surface area contributed by atoms with Gasteiger partial charge in [0.15, 0.2) is 0 Å². The van der Waals surface area contributed by atoms with E-state index in [9.17, 15) is 18.0 Å². The minimum Gasteiger partial charge on any atom is -0.395 e. The highest BCUT2D eigenvalue weighted by atomic mass is 19.4. The van der Waals surface area contributed by atoms with Gasteiger partial charge in [-0.1, -0.05) is 17.9 Å². The number of aliphatic hydroxyl groups is 1. The van der Waals surface area contributed by atoms with Crippen LogP contribution in [-0.4, -0.2) is 29.8 Å². The zero-order chi connectivity index (χ0) is 15.9. The van der Waals surface area contributed by atoms with Gasteiger partial charge in [-0.25, -0.2) is 0 Å². The van der Waals surface area contributed by atoms with Gasteiger partial charge in [0.25, 0.3) is 5.91 Å². The van der Waals surface area contributed by atoms with Crippen molar-refractivity contribution in [2.45, 2.75) is 32.0 Å². The van der Waals surface area contributed by atoms with Gasteiger partial charge in [0.1, 0.15) is 0 Å². The second-order valence-corrected chi connectivity index (χ2v) is 4.55. The SMILES string of the molecule is CC(CC(F)(F)F)NC(=O)c1cccc(C#CCCO)c1. The molecular weight excluding hydrogens is 283 g/mol. The molecular formula is C15H16F3NO2. The lowest BCUT2D eigenvalue weighted by Crippen LogP contribution is -2.35. The summed E-state index contributed by atoms with van der Waals surface area (Å²) in [6, 6.07) is 5.29. The van der Waals surface area contributed by atoms with Crippen molar-refractivity contribution in [2.75, 3.05) is 6.61 Å². The number of carbonyl (C=O) groups is 1. The maximum Gasteiger partial charge on any atom is 0.391 e. The molecule has 0 spiro atoms. The topological polar surface area (TPSA) is 49.3 Å². The number of rotatable bonds is 4. The van der Waals surface area contributed by atoms with Gasteiger partial charge in [0.05, 0.1) is 13.0 Å². The van der Waals surface area contributed by atoms with Crippen LogP contribution in [0.3, 0.4) is 0 Å². The van der Waals surface area contributed by atoms with Gasteiger partial charge in [-0.3, -0.25) is 4.79 Å². The number of alkyl halides is 3. The van der Waals surface area contributed by atoms with Gasteiger partial charge >= 0.3 is 6.18 Å². The third-order valence-electron chi connectivity index (χ3n) is 2.51. The van der Waals surface area contributed by atoms with E-state index in [1.165, 1.54) is 19.1 Å². The molecule has 21 heavy (non-hydrogen) atoms. The number of benzene rings is 1. The molecule has 6 heteroatoms. The van der Waals surface area contributed by atoms with E-state index in [4.69, 9.17) is 5.11 Å². The Morgan fingerprint density at radius 1 is 1.43 bits per heavy atom. The van der Waals surface area contributed by atoms with Gasteiger partial charge in [0, 0.05) is 23.6 Å². The fourth-order valence-corrected chi connectivity index (χ4v) is 1.66. The lowest BCUT2D eigenvalue weighted by molar-refractivity contribution is -0.138. The smallest absolute Gasteiger partial charge is 0.391 e. The first-order valence-electron chi connectivity index (χ1n) is 6.39. The number of aliphatic hydroxyl groups excluding tert-OH is 1. The number of nitrogens with one attached hydrogen (secondary N) is 1. The maximum atomic E-state index is 12.2. The molecule has 0 aromatic heterocycles. The third-order valence-corrected chi connectivity index (χ3v) is 2.51. The predicted octanol–water partition coefficient (Wildman–Crippen LogP) is 2.49. The van der Waals surface area contributed by atoms with Crippen molar-refractivity contribution in [1.29, 1.82) is 0 Å². The van der Waals surface area contributed by atoms with Crippen LogP contribution in [-0.2, 0) is 0 Å². The summed E-state index contributed by atoms with van der Waals surface area (Å²) in [4.78, 5) is 11.9. The Labute approximate surface area is 121 Å². The summed E-state index contributed by atoms with van der Waals surface area (Å²) in [5, 5.41) is 10.9. The molecule has 0 aliphatic rings. The zero-order valence-corrected chi connectivity index (χ0v) is 11.5. The van der Waals surface area contributed by atoms with Crippen LogP contribution in [0.4, 0.5) is 13.2 Å². The highest BCUT2D eigenvalue weighted by molar-refractivity contribution is 5.94. The summed E-state index contributed by atoms with van der Waals surface area (Å²) < 4.78 is 36.6. The molecule has 1 atom stereocenters. The molecule has 0 saturated heterocycles. The molecule has 0 aliphatic heterocycles. The molecule has 1 aromatic carbocycles. The van der Waals surface area contributed by atoms with Gasteiger partial charge in [-0.15, -0.1) is 0 Å². The maximum absolute atomic E-state index is 12.2. The van der Waals surface area contributed by atoms with Crippen molar-refractivity contribution >= 4 is 5.91 Å². The molecule has 1 unspecified atom stereocenters. The largest absolute Gasteiger partial charge is 0.395 e. The van der Waals surface area contributed by atoms with Crippen molar-refractivity contribution in [1.82, 2.24) is 5.32 Å². The Balaban J connectivity index is 2.71. The quantitative estimate of drug-likeness (QED) is 0.839. The first-order chi connectivity index (χ1) is 9.81. The number of halogens is 3. The van der Waals surface area contributed by atoms with Crippen LogP contribution in [0.2, 0.25) is 0 Å². The first kappa shape index (κ1) is 17.1. The summed E-state index contributed by atoms with van der Waals surface area (Å²) in [6.07, 6.45) is -5.07. The van der Waals surface area contributed by atoms with E-state index < -0.39 is 24.5 Å². The standard InChI is InChI=1S/C15H16F3NO2/c1-11(10-15(16,17)18)19-14(21)13-7-4-6-12(9-13)5-2-3-8-20/h4,6-7,9,11,20H,3,8,10H2,1H3,(H,19,21). The molecule has 1 rings (SSSR count). The number of amides is 1. The van der Waals surface area contributed by atoms with Gasteiger partial charge in [-0.2, -0.15) is 13.2 Å². The van der Waals surface area contributed by atoms with E-state index in [1.807, 2.05) is 0 Å². The molecule has 2 N–H and O–H groups in total. The van der Waals surface area contributed by atoms with Crippen molar-refractivity contribution in [3.05, 3.63) is 35.4 Å². The van der Waals surface area contributed by atoms with Crippen molar-refractivity contribution in [3.8, 4) is 11.8 Å². The second-order valence-electron chi connectivity index (χ2n) is 4.55. The van der Waals surface area contributed by atoms with Crippen LogP contribution in [0.25, 0.3) is 0 Å². The second kappa shape index (κ2) is 7.70. The van der Waals surface area contributed by atoms with E-state index in [1.54, 1.807) is 12.1 Å². The molecule has 0 fully saturated rings. The van der Waals surface area contributed by atoms with E-state index in [0.717, 1.165) is 0 Å². The third kappa shape index (κ3) is 6.82. The Bertz CT molecular complexity index is 544. The van der Waals surface area contributed by atoms with Crippen LogP contribution >= 0.6 is 0 Å². The molecule has 0 saturated carbocycles. The summed E-state index contributed by atoms with van der Waals surface area (Å²) in [7, 11) is 0. The highest BCUT2D eigenvalue weighted by Crippen LogP contribution is 2.21. The highest BCUT2D eigenvalue weighted by Gasteiger charge is 2.30. The summed E-state index contributed by atoms with van der Waals surface area (Å²) in [5.74, 6) is 4.90. The van der Waals surface area contributed by atoms with Gasteiger partial charge < -0.3 is 10.4 Å². The molecule has 1 amide bonds.